The molecule has 1 aliphatic rings. The predicted octanol–water partition coefficient (Wildman–Crippen LogP) is 2.45. The Labute approximate surface area is 165 Å². The zero-order valence-electron chi connectivity index (χ0n) is 16.4. The molecular formula is C20H24N2O5S. The van der Waals surface area contributed by atoms with Crippen molar-refractivity contribution in [1.29, 1.82) is 0 Å². The molecule has 1 amide bonds. The first-order chi connectivity index (χ1) is 13.3. The van der Waals surface area contributed by atoms with E-state index < -0.39 is 10.0 Å². The summed E-state index contributed by atoms with van der Waals surface area (Å²) in [6, 6.07) is 12.4. The maximum absolute atomic E-state index is 13.1. The maximum Gasteiger partial charge on any atom is 0.248 e. The average molecular weight is 404 g/mol. The van der Waals surface area contributed by atoms with E-state index >= 15 is 0 Å². The third-order valence-corrected chi connectivity index (χ3v) is 5.94. The van der Waals surface area contributed by atoms with E-state index in [-0.39, 0.29) is 18.5 Å². The molecule has 1 atom stereocenters. The van der Waals surface area contributed by atoms with Crippen molar-refractivity contribution >= 4 is 27.3 Å². The van der Waals surface area contributed by atoms with Gasteiger partial charge in [0.2, 0.25) is 15.9 Å². The second kappa shape index (κ2) is 7.71. The molecule has 0 aromatic heterocycles. The second-order valence-corrected chi connectivity index (χ2v) is 8.66. The van der Waals surface area contributed by atoms with Crippen molar-refractivity contribution < 1.29 is 22.7 Å². The molecule has 7 nitrogen and oxygen atoms in total. The Bertz CT molecular complexity index is 990. The van der Waals surface area contributed by atoms with Gasteiger partial charge >= 0.3 is 0 Å². The van der Waals surface area contributed by atoms with Gasteiger partial charge in [-0.3, -0.25) is 9.10 Å². The summed E-state index contributed by atoms with van der Waals surface area (Å²) in [6.07, 6.45) is 1.82. The van der Waals surface area contributed by atoms with Crippen molar-refractivity contribution in [3.63, 3.8) is 0 Å². The summed E-state index contributed by atoms with van der Waals surface area (Å²) in [4.78, 5) is 14.8. The largest absolute Gasteiger partial charge is 0.497 e. The van der Waals surface area contributed by atoms with Crippen molar-refractivity contribution in [2.75, 3.05) is 36.2 Å². The summed E-state index contributed by atoms with van der Waals surface area (Å²) in [5.74, 6) is 0.552. The zero-order valence-corrected chi connectivity index (χ0v) is 17.2. The van der Waals surface area contributed by atoms with Gasteiger partial charge in [-0.25, -0.2) is 8.42 Å². The Morgan fingerprint density at radius 2 is 1.89 bits per heavy atom. The van der Waals surface area contributed by atoms with Crippen LogP contribution in [0.5, 0.6) is 11.5 Å². The number of para-hydroxylation sites is 1. The molecule has 0 saturated carbocycles. The third-order valence-electron chi connectivity index (χ3n) is 4.81. The molecule has 0 aliphatic carbocycles. The van der Waals surface area contributed by atoms with Gasteiger partial charge in [-0.2, -0.15) is 0 Å². The van der Waals surface area contributed by atoms with Gasteiger partial charge in [0.1, 0.15) is 18.0 Å². The molecule has 0 radical (unpaired) electrons. The average Bonchev–Trinajstić information content (AvgIpc) is 3.00. The van der Waals surface area contributed by atoms with E-state index in [1.54, 1.807) is 23.1 Å². The van der Waals surface area contributed by atoms with E-state index in [2.05, 4.69) is 0 Å². The monoisotopic (exact) mass is 404 g/mol. The minimum Gasteiger partial charge on any atom is -0.497 e. The lowest BCUT2D eigenvalue weighted by Crippen LogP contribution is -2.45. The van der Waals surface area contributed by atoms with Gasteiger partial charge in [-0.05, 0) is 37.1 Å². The zero-order chi connectivity index (χ0) is 20.5. The van der Waals surface area contributed by atoms with Gasteiger partial charge in [-0.1, -0.05) is 18.2 Å². The van der Waals surface area contributed by atoms with Gasteiger partial charge < -0.3 is 14.4 Å². The van der Waals surface area contributed by atoms with E-state index in [0.29, 0.717) is 17.2 Å². The van der Waals surface area contributed by atoms with Crippen molar-refractivity contribution in [3.8, 4) is 11.5 Å². The maximum atomic E-state index is 13.1. The normalized spacial score (nSPS) is 15.9. The fraction of sp³-hybridized carbons (Fsp3) is 0.350. The van der Waals surface area contributed by atoms with E-state index in [0.717, 1.165) is 28.2 Å². The number of benzene rings is 2. The Kier molecular flexibility index (Phi) is 5.51. The van der Waals surface area contributed by atoms with Crippen LogP contribution in [0.4, 0.5) is 11.4 Å². The van der Waals surface area contributed by atoms with Gasteiger partial charge in [0.25, 0.3) is 0 Å². The highest BCUT2D eigenvalue weighted by atomic mass is 32.2. The second-order valence-electron chi connectivity index (χ2n) is 6.75. The van der Waals surface area contributed by atoms with Crippen molar-refractivity contribution in [2.45, 2.75) is 19.4 Å². The number of sulfonamides is 1. The van der Waals surface area contributed by atoms with Crippen LogP contribution in [0.25, 0.3) is 0 Å². The SMILES string of the molecule is COc1ccc(N(CC(=O)N2c3ccccc3CC2C)S(C)(=O)=O)c(OC)c1. The molecule has 0 saturated heterocycles. The van der Waals surface area contributed by atoms with Gasteiger partial charge in [0.15, 0.2) is 0 Å². The standard InChI is InChI=1S/C20H24N2O5S/c1-14-11-15-7-5-6-8-17(15)22(14)20(23)13-21(28(4,24)25)18-10-9-16(26-2)12-19(18)27-3/h5-10,12,14H,11,13H2,1-4H3. The molecule has 3 rings (SSSR count). The molecule has 0 N–H and O–H groups in total. The Morgan fingerprint density at radius 3 is 2.54 bits per heavy atom. The lowest BCUT2D eigenvalue weighted by Gasteiger charge is -2.28. The quantitative estimate of drug-likeness (QED) is 0.739. The number of anilines is 2. The lowest BCUT2D eigenvalue weighted by atomic mass is 10.1. The van der Waals surface area contributed by atoms with E-state index in [4.69, 9.17) is 9.47 Å². The van der Waals surface area contributed by atoms with E-state index in [1.165, 1.54) is 14.2 Å². The molecule has 2 aromatic carbocycles. The number of methoxy groups -OCH3 is 2. The summed E-state index contributed by atoms with van der Waals surface area (Å²) in [5, 5.41) is 0. The summed E-state index contributed by atoms with van der Waals surface area (Å²) in [7, 11) is -0.768. The smallest absolute Gasteiger partial charge is 0.248 e. The van der Waals surface area contributed by atoms with Crippen LogP contribution >= 0.6 is 0 Å². The number of ether oxygens (including phenoxy) is 2. The Balaban J connectivity index is 1.96. The predicted molar refractivity (Wildman–Crippen MR) is 109 cm³/mol. The van der Waals surface area contributed by atoms with Crippen LogP contribution in [0.2, 0.25) is 0 Å². The molecule has 0 spiro atoms. The molecule has 0 bridgehead atoms. The van der Waals surface area contributed by atoms with Crippen LogP contribution in [-0.2, 0) is 21.2 Å². The summed E-state index contributed by atoms with van der Waals surface area (Å²) in [6.45, 7) is 1.64. The summed E-state index contributed by atoms with van der Waals surface area (Å²) in [5.41, 5.74) is 2.20. The molecule has 2 aromatic rings. The van der Waals surface area contributed by atoms with Crippen molar-refractivity contribution in [1.82, 2.24) is 0 Å². The van der Waals surface area contributed by atoms with Crippen molar-refractivity contribution in [2.24, 2.45) is 0 Å². The van der Waals surface area contributed by atoms with Crippen LogP contribution in [0.3, 0.4) is 0 Å². The minimum absolute atomic E-state index is 0.0379. The molecule has 0 fully saturated rings. The summed E-state index contributed by atoms with van der Waals surface area (Å²) < 4.78 is 36.6. The first-order valence-corrected chi connectivity index (χ1v) is 10.7. The number of hydrogen-bond donors (Lipinski definition) is 0. The fourth-order valence-electron chi connectivity index (χ4n) is 3.52. The number of fused-ring (bicyclic) bond motifs is 1. The molecule has 1 unspecified atom stereocenters. The number of hydrogen-bond acceptors (Lipinski definition) is 5. The molecule has 1 heterocycles. The summed E-state index contributed by atoms with van der Waals surface area (Å²) >= 11 is 0. The molecule has 1 aliphatic heterocycles. The topological polar surface area (TPSA) is 76.2 Å². The van der Waals surface area contributed by atoms with Crippen LogP contribution in [0.1, 0.15) is 12.5 Å². The molecule has 28 heavy (non-hydrogen) atoms. The molecule has 150 valence electrons. The van der Waals surface area contributed by atoms with Gasteiger partial charge in [0, 0.05) is 17.8 Å². The highest BCUT2D eigenvalue weighted by molar-refractivity contribution is 7.92. The van der Waals surface area contributed by atoms with E-state index in [9.17, 15) is 13.2 Å². The fourth-order valence-corrected chi connectivity index (χ4v) is 4.37. The molecule has 8 heteroatoms. The van der Waals surface area contributed by atoms with E-state index in [1.807, 2.05) is 31.2 Å². The molecular weight excluding hydrogens is 380 g/mol. The Morgan fingerprint density at radius 1 is 1.18 bits per heavy atom. The van der Waals surface area contributed by atoms with Crippen molar-refractivity contribution in [3.05, 3.63) is 48.0 Å². The first-order valence-electron chi connectivity index (χ1n) is 8.86. The minimum atomic E-state index is -3.72. The first kappa shape index (κ1) is 20.0. The number of nitrogens with zero attached hydrogens (tertiary/aromatic N) is 2. The van der Waals surface area contributed by atoms with Crippen LogP contribution in [-0.4, -0.2) is 47.4 Å². The third kappa shape index (κ3) is 3.77. The number of carbonyl (C=O) groups is 1. The number of amides is 1. The van der Waals surface area contributed by atoms with Crippen LogP contribution < -0.4 is 18.7 Å². The van der Waals surface area contributed by atoms with Gasteiger partial charge in [-0.15, -0.1) is 0 Å². The highest BCUT2D eigenvalue weighted by Gasteiger charge is 2.33. The van der Waals surface area contributed by atoms with Gasteiger partial charge in [0.05, 0.1) is 26.2 Å². The number of carbonyl (C=O) groups excluding carboxylic acids is 1. The lowest BCUT2D eigenvalue weighted by molar-refractivity contribution is -0.117. The Hall–Kier alpha value is -2.74. The number of rotatable bonds is 6. The van der Waals surface area contributed by atoms with Crippen LogP contribution in [0, 0.1) is 0 Å². The highest BCUT2D eigenvalue weighted by Crippen LogP contribution is 2.35. The van der Waals surface area contributed by atoms with Crippen LogP contribution in [0.15, 0.2) is 42.5 Å².